The Kier molecular flexibility index (Phi) is 6.07. The minimum absolute atomic E-state index is 0.228. The van der Waals surface area contributed by atoms with Crippen LogP contribution in [0.1, 0.15) is 52.4 Å². The normalized spacial score (nSPS) is 19.3. The van der Waals surface area contributed by atoms with E-state index >= 15 is 0 Å². The molecule has 1 amide bonds. The monoisotopic (exact) mass is 421 g/mol. The smallest absolute Gasteiger partial charge is 0.411 e. The third-order valence-corrected chi connectivity index (χ3v) is 4.55. The van der Waals surface area contributed by atoms with Crippen molar-refractivity contribution in [1.29, 1.82) is 0 Å². The first-order chi connectivity index (χ1) is 13.7. The van der Waals surface area contributed by atoms with E-state index in [9.17, 15) is 9.59 Å². The second-order valence-corrected chi connectivity index (χ2v) is 8.10. The fourth-order valence-corrected chi connectivity index (χ4v) is 3.36. The predicted molar refractivity (Wildman–Crippen MR) is 105 cm³/mol. The molecule has 1 aliphatic rings. The van der Waals surface area contributed by atoms with Gasteiger partial charge in [-0.1, -0.05) is 17.7 Å². The molecule has 1 saturated heterocycles. The van der Waals surface area contributed by atoms with E-state index in [1.54, 1.807) is 52.0 Å². The number of tetrazole rings is 1. The van der Waals surface area contributed by atoms with Gasteiger partial charge in [-0.3, -0.25) is 4.90 Å². The predicted octanol–water partition coefficient (Wildman–Crippen LogP) is 3.32. The van der Waals surface area contributed by atoms with Gasteiger partial charge in [0.2, 0.25) is 0 Å². The van der Waals surface area contributed by atoms with Crippen molar-refractivity contribution >= 4 is 23.7 Å². The minimum Gasteiger partial charge on any atom is -0.464 e. The third kappa shape index (κ3) is 4.84. The Morgan fingerprint density at radius 1 is 1.28 bits per heavy atom. The zero-order chi connectivity index (χ0) is 21.2. The van der Waals surface area contributed by atoms with Gasteiger partial charge in [0.05, 0.1) is 18.3 Å². The first kappa shape index (κ1) is 21.0. The van der Waals surface area contributed by atoms with Crippen molar-refractivity contribution in [3.63, 3.8) is 0 Å². The molecule has 2 aromatic rings. The molecule has 0 unspecified atom stereocenters. The lowest BCUT2D eigenvalue weighted by atomic mass is 10.2. The topological polar surface area (TPSA) is 99.4 Å². The van der Waals surface area contributed by atoms with Crippen LogP contribution in [-0.4, -0.2) is 55.4 Å². The van der Waals surface area contributed by atoms with Crippen LogP contribution in [0.3, 0.4) is 0 Å². The van der Waals surface area contributed by atoms with Crippen molar-refractivity contribution in [2.24, 2.45) is 0 Å². The van der Waals surface area contributed by atoms with E-state index in [0.29, 0.717) is 29.4 Å². The summed E-state index contributed by atoms with van der Waals surface area (Å²) in [6.45, 7) is 7.25. The highest BCUT2D eigenvalue weighted by molar-refractivity contribution is 6.30. The molecule has 10 heteroatoms. The van der Waals surface area contributed by atoms with Crippen molar-refractivity contribution in [3.05, 3.63) is 35.1 Å². The maximum Gasteiger partial charge on any atom is 0.411 e. The van der Waals surface area contributed by atoms with Gasteiger partial charge in [-0.25, -0.2) is 9.59 Å². The molecule has 0 spiro atoms. The molecule has 9 nitrogen and oxygen atoms in total. The average molecular weight is 422 g/mol. The first-order valence-corrected chi connectivity index (χ1v) is 9.81. The van der Waals surface area contributed by atoms with Crippen molar-refractivity contribution in [1.82, 2.24) is 25.1 Å². The fraction of sp³-hybridized carbons (Fsp3) is 0.526. The standard InChI is InChI=1S/C19H24ClN5O4/c1-5-28-17(26)15-10-9-14(24(15)18(27)29-19(2,3)4)16-21-23-25(22-16)13-8-6-7-12(20)11-13/h6-8,11,14-15H,5,9-10H2,1-4H3/t14-,15+/m1/s1. The van der Waals surface area contributed by atoms with Gasteiger partial charge in [0.1, 0.15) is 11.6 Å². The molecular formula is C19H24ClN5O4. The number of carbonyl (C=O) groups excluding carboxylic acids is 2. The number of hydrogen-bond donors (Lipinski definition) is 0. The highest BCUT2D eigenvalue weighted by Crippen LogP contribution is 2.36. The zero-order valence-electron chi connectivity index (χ0n) is 16.8. The largest absolute Gasteiger partial charge is 0.464 e. The summed E-state index contributed by atoms with van der Waals surface area (Å²) in [6, 6.07) is 5.71. The molecule has 156 valence electrons. The molecule has 2 atom stereocenters. The Bertz CT molecular complexity index is 895. The number of likely N-dealkylation sites (tertiary alicyclic amines) is 1. The van der Waals surface area contributed by atoms with Gasteiger partial charge < -0.3 is 9.47 Å². The van der Waals surface area contributed by atoms with Crippen molar-refractivity contribution in [3.8, 4) is 5.69 Å². The van der Waals surface area contributed by atoms with Crippen LogP contribution in [0.2, 0.25) is 5.02 Å². The van der Waals surface area contributed by atoms with Crippen LogP contribution < -0.4 is 0 Å². The molecule has 1 aromatic heterocycles. The molecule has 2 heterocycles. The second kappa shape index (κ2) is 8.36. The molecule has 0 saturated carbocycles. The van der Waals surface area contributed by atoms with Crippen LogP contribution in [0.15, 0.2) is 24.3 Å². The van der Waals surface area contributed by atoms with Gasteiger partial charge in [-0.2, -0.15) is 0 Å². The Morgan fingerprint density at radius 2 is 2.03 bits per heavy atom. The van der Waals surface area contributed by atoms with Crippen molar-refractivity contribution in [2.75, 3.05) is 6.61 Å². The highest BCUT2D eigenvalue weighted by atomic mass is 35.5. The van der Waals surface area contributed by atoms with Gasteiger partial charge in [-0.05, 0) is 63.9 Å². The lowest BCUT2D eigenvalue weighted by Gasteiger charge is -2.30. The second-order valence-electron chi connectivity index (χ2n) is 7.67. The van der Waals surface area contributed by atoms with E-state index < -0.39 is 29.7 Å². The van der Waals surface area contributed by atoms with E-state index in [1.165, 1.54) is 9.70 Å². The molecule has 1 aliphatic heterocycles. The van der Waals surface area contributed by atoms with Gasteiger partial charge in [-0.15, -0.1) is 15.0 Å². The SMILES string of the molecule is CCOC(=O)[C@@H]1CC[C@H](c2nnn(-c3cccc(Cl)c3)n2)N1C(=O)OC(C)(C)C. The molecule has 0 bridgehead atoms. The number of amides is 1. The van der Waals surface area contributed by atoms with E-state index in [2.05, 4.69) is 15.4 Å². The van der Waals surface area contributed by atoms with Crippen LogP contribution in [0.5, 0.6) is 0 Å². The Morgan fingerprint density at radius 3 is 2.69 bits per heavy atom. The summed E-state index contributed by atoms with van der Waals surface area (Å²) in [7, 11) is 0. The van der Waals surface area contributed by atoms with Gasteiger partial charge >= 0.3 is 12.1 Å². The molecular weight excluding hydrogens is 398 g/mol. The Balaban J connectivity index is 1.90. The number of ether oxygens (including phenoxy) is 2. The number of nitrogens with zero attached hydrogens (tertiary/aromatic N) is 5. The fourth-order valence-electron chi connectivity index (χ4n) is 3.17. The van der Waals surface area contributed by atoms with E-state index in [0.717, 1.165) is 0 Å². The lowest BCUT2D eigenvalue weighted by Crippen LogP contribution is -2.45. The number of benzene rings is 1. The van der Waals surface area contributed by atoms with E-state index in [1.807, 2.05) is 0 Å². The van der Waals surface area contributed by atoms with Crippen LogP contribution in [0.25, 0.3) is 5.69 Å². The van der Waals surface area contributed by atoms with Gasteiger partial charge in [0.25, 0.3) is 0 Å². The molecule has 0 N–H and O–H groups in total. The molecule has 0 radical (unpaired) electrons. The lowest BCUT2D eigenvalue weighted by molar-refractivity contribution is -0.148. The minimum atomic E-state index is -0.757. The summed E-state index contributed by atoms with van der Waals surface area (Å²) >= 11 is 6.03. The number of carbonyl (C=O) groups is 2. The Hall–Kier alpha value is -2.68. The van der Waals surface area contributed by atoms with Crippen LogP contribution in [0, 0.1) is 0 Å². The first-order valence-electron chi connectivity index (χ1n) is 9.43. The number of hydrogen-bond acceptors (Lipinski definition) is 7. The molecule has 0 aliphatic carbocycles. The quantitative estimate of drug-likeness (QED) is 0.698. The number of esters is 1. The van der Waals surface area contributed by atoms with Crippen LogP contribution in [0.4, 0.5) is 4.79 Å². The zero-order valence-corrected chi connectivity index (χ0v) is 17.6. The summed E-state index contributed by atoms with van der Waals surface area (Å²) < 4.78 is 10.7. The van der Waals surface area contributed by atoms with Gasteiger partial charge in [0, 0.05) is 5.02 Å². The third-order valence-electron chi connectivity index (χ3n) is 4.31. The maximum atomic E-state index is 12.9. The Labute approximate surface area is 173 Å². The molecule has 3 rings (SSSR count). The summed E-state index contributed by atoms with van der Waals surface area (Å²) in [5.74, 6) is -0.147. The molecule has 1 aromatic carbocycles. The van der Waals surface area contributed by atoms with Crippen LogP contribution >= 0.6 is 11.6 Å². The maximum absolute atomic E-state index is 12.9. The summed E-state index contributed by atoms with van der Waals surface area (Å²) in [5.41, 5.74) is -0.0741. The number of halogens is 1. The van der Waals surface area contributed by atoms with E-state index in [4.69, 9.17) is 21.1 Å². The average Bonchev–Trinajstić information content (AvgIpc) is 3.27. The molecule has 1 fully saturated rings. The summed E-state index contributed by atoms with van der Waals surface area (Å²) in [4.78, 5) is 28.0. The highest BCUT2D eigenvalue weighted by Gasteiger charge is 2.46. The van der Waals surface area contributed by atoms with Crippen molar-refractivity contribution in [2.45, 2.75) is 58.2 Å². The number of rotatable bonds is 4. The number of aromatic nitrogens is 4. The molecule has 29 heavy (non-hydrogen) atoms. The summed E-state index contributed by atoms with van der Waals surface area (Å²) in [6.07, 6.45) is 0.301. The van der Waals surface area contributed by atoms with Crippen molar-refractivity contribution < 1.29 is 19.1 Å². The van der Waals surface area contributed by atoms with E-state index in [-0.39, 0.29) is 6.61 Å². The summed E-state index contributed by atoms with van der Waals surface area (Å²) in [5, 5.41) is 13.1. The van der Waals surface area contributed by atoms with Gasteiger partial charge in [0.15, 0.2) is 5.82 Å². The van der Waals surface area contributed by atoms with Crippen LogP contribution in [-0.2, 0) is 14.3 Å².